The van der Waals surface area contributed by atoms with Crippen LogP contribution in [0.3, 0.4) is 0 Å². The van der Waals surface area contributed by atoms with Gasteiger partial charge in [0.1, 0.15) is 0 Å². The maximum Gasteiger partial charge on any atom is 0.160 e. The minimum absolute atomic E-state index is 0.0447. The van der Waals surface area contributed by atoms with Crippen LogP contribution in [-0.4, -0.2) is 30.5 Å². The van der Waals surface area contributed by atoms with Crippen molar-refractivity contribution in [3.8, 4) is 0 Å². The first kappa shape index (κ1) is 15.8. The second kappa shape index (κ2) is 7.46. The third-order valence-corrected chi connectivity index (χ3v) is 3.90. The Morgan fingerprint density at radius 2 is 1.90 bits per heavy atom. The van der Waals surface area contributed by atoms with Gasteiger partial charge in [-0.05, 0) is 25.0 Å². The number of halogens is 3. The molecule has 20 heavy (non-hydrogen) atoms. The van der Waals surface area contributed by atoms with Gasteiger partial charge in [0, 0.05) is 12.2 Å². The molecule has 1 aromatic rings. The van der Waals surface area contributed by atoms with E-state index in [0.29, 0.717) is 18.8 Å². The Kier molecular flexibility index (Phi) is 5.90. The summed E-state index contributed by atoms with van der Waals surface area (Å²) >= 11 is 11.4. The summed E-state index contributed by atoms with van der Waals surface area (Å²) in [4.78, 5) is 0. The summed E-state index contributed by atoms with van der Waals surface area (Å²) in [6.45, 7) is 0.589. The largest absolute Gasteiger partial charge is 0.389 e. The van der Waals surface area contributed by atoms with E-state index in [4.69, 9.17) is 27.9 Å². The summed E-state index contributed by atoms with van der Waals surface area (Å²) in [6.07, 6.45) is 4.20. The van der Waals surface area contributed by atoms with Gasteiger partial charge in [0.15, 0.2) is 5.82 Å². The molecular formula is C14H18Cl2FNO2. The number of ether oxygens (including phenoxy) is 1. The molecule has 1 aliphatic rings. The molecule has 0 aliphatic heterocycles. The van der Waals surface area contributed by atoms with E-state index in [1.165, 1.54) is 25.0 Å². The van der Waals surface area contributed by atoms with Gasteiger partial charge in [0.25, 0.3) is 0 Å². The fraction of sp³-hybridized carbons (Fsp3) is 0.571. The number of benzene rings is 1. The molecule has 3 nitrogen and oxygen atoms in total. The lowest BCUT2D eigenvalue weighted by Crippen LogP contribution is -2.27. The van der Waals surface area contributed by atoms with Crippen LogP contribution in [0.15, 0.2) is 12.1 Å². The van der Waals surface area contributed by atoms with Crippen LogP contribution in [-0.2, 0) is 4.74 Å². The summed E-state index contributed by atoms with van der Waals surface area (Å²) in [7, 11) is 0. The van der Waals surface area contributed by atoms with Crippen molar-refractivity contribution in [2.45, 2.75) is 37.9 Å². The van der Waals surface area contributed by atoms with Crippen molar-refractivity contribution in [2.75, 3.05) is 18.5 Å². The molecule has 0 spiro atoms. The van der Waals surface area contributed by atoms with Crippen molar-refractivity contribution in [1.82, 2.24) is 0 Å². The number of hydrogen-bond acceptors (Lipinski definition) is 3. The van der Waals surface area contributed by atoms with Gasteiger partial charge in [0.2, 0.25) is 0 Å². The normalized spacial score (nSPS) is 17.4. The van der Waals surface area contributed by atoms with Gasteiger partial charge in [-0.2, -0.15) is 0 Å². The zero-order chi connectivity index (χ0) is 14.5. The summed E-state index contributed by atoms with van der Waals surface area (Å²) in [5, 5.41) is 12.7. The van der Waals surface area contributed by atoms with Crippen LogP contribution in [0.2, 0.25) is 10.0 Å². The minimum atomic E-state index is -0.635. The fourth-order valence-corrected chi connectivity index (χ4v) is 2.74. The predicted molar refractivity (Wildman–Crippen MR) is 79.1 cm³/mol. The smallest absolute Gasteiger partial charge is 0.160 e. The molecule has 0 radical (unpaired) electrons. The summed E-state index contributed by atoms with van der Waals surface area (Å²) in [5.74, 6) is -0.635. The molecule has 0 amide bonds. The average Bonchev–Trinajstić information content (AvgIpc) is 2.93. The highest BCUT2D eigenvalue weighted by Gasteiger charge is 2.17. The van der Waals surface area contributed by atoms with Crippen molar-refractivity contribution in [2.24, 2.45) is 0 Å². The Morgan fingerprint density at radius 3 is 2.50 bits per heavy atom. The lowest BCUT2D eigenvalue weighted by atomic mass is 10.3. The Bertz CT molecular complexity index is 430. The molecule has 0 bridgehead atoms. The van der Waals surface area contributed by atoms with E-state index in [2.05, 4.69) is 5.32 Å². The van der Waals surface area contributed by atoms with Crippen molar-refractivity contribution < 1.29 is 14.2 Å². The Balaban J connectivity index is 1.76. The monoisotopic (exact) mass is 321 g/mol. The van der Waals surface area contributed by atoms with Crippen molar-refractivity contribution >= 4 is 28.9 Å². The molecule has 2 rings (SSSR count). The number of anilines is 1. The van der Waals surface area contributed by atoms with E-state index in [9.17, 15) is 9.50 Å². The Morgan fingerprint density at radius 1 is 1.30 bits per heavy atom. The van der Waals surface area contributed by atoms with Crippen molar-refractivity contribution in [1.29, 1.82) is 0 Å². The maximum atomic E-state index is 13.2. The van der Waals surface area contributed by atoms with Crippen LogP contribution in [0.5, 0.6) is 0 Å². The SMILES string of the molecule is OC(CNc1cc(Cl)c(F)c(Cl)c1)COC1CCCC1. The zero-order valence-electron chi connectivity index (χ0n) is 11.0. The number of aliphatic hydroxyl groups is 1. The van der Waals surface area contributed by atoms with Gasteiger partial charge in [-0.25, -0.2) is 4.39 Å². The highest BCUT2D eigenvalue weighted by Crippen LogP contribution is 2.27. The first-order chi connectivity index (χ1) is 9.56. The van der Waals surface area contributed by atoms with E-state index in [1.54, 1.807) is 0 Å². The van der Waals surface area contributed by atoms with Crippen molar-refractivity contribution in [3.05, 3.63) is 28.0 Å². The molecule has 0 heterocycles. The molecule has 1 fully saturated rings. The van der Waals surface area contributed by atoms with Crippen LogP contribution in [0.4, 0.5) is 10.1 Å². The van der Waals surface area contributed by atoms with Crippen LogP contribution < -0.4 is 5.32 Å². The van der Waals surface area contributed by atoms with E-state index in [0.717, 1.165) is 12.8 Å². The molecule has 0 aromatic heterocycles. The summed E-state index contributed by atoms with van der Waals surface area (Å²) in [5.41, 5.74) is 0.571. The molecule has 1 aliphatic carbocycles. The molecule has 0 saturated heterocycles. The summed E-state index contributed by atoms with van der Waals surface area (Å²) in [6, 6.07) is 2.88. The second-order valence-corrected chi connectivity index (χ2v) is 5.84. The van der Waals surface area contributed by atoms with Gasteiger partial charge < -0.3 is 15.2 Å². The van der Waals surface area contributed by atoms with E-state index in [-0.39, 0.29) is 16.1 Å². The lowest BCUT2D eigenvalue weighted by Gasteiger charge is -2.16. The molecule has 112 valence electrons. The first-order valence-electron chi connectivity index (χ1n) is 6.74. The minimum Gasteiger partial charge on any atom is -0.389 e. The standard InChI is InChI=1S/C14H18Cl2FNO2/c15-12-5-9(6-13(16)14(12)17)18-7-10(19)8-20-11-3-1-2-4-11/h5-6,10-11,18-19H,1-4,7-8H2. The fourth-order valence-electron chi connectivity index (χ4n) is 2.25. The summed E-state index contributed by atoms with van der Waals surface area (Å²) < 4.78 is 18.9. The van der Waals surface area contributed by atoms with Gasteiger partial charge in [-0.3, -0.25) is 0 Å². The predicted octanol–water partition coefficient (Wildman–Crippen LogP) is 3.86. The molecule has 1 saturated carbocycles. The molecule has 1 aromatic carbocycles. The van der Waals surface area contributed by atoms with E-state index >= 15 is 0 Å². The van der Waals surface area contributed by atoms with Gasteiger partial charge >= 0.3 is 0 Å². The van der Waals surface area contributed by atoms with Crippen LogP contribution >= 0.6 is 23.2 Å². The number of hydrogen-bond donors (Lipinski definition) is 2. The highest BCUT2D eigenvalue weighted by molar-refractivity contribution is 6.35. The quantitative estimate of drug-likeness (QED) is 0.782. The third-order valence-electron chi connectivity index (χ3n) is 3.35. The molecule has 6 heteroatoms. The average molecular weight is 322 g/mol. The number of aliphatic hydroxyl groups excluding tert-OH is 1. The molecule has 1 atom stereocenters. The topological polar surface area (TPSA) is 41.5 Å². The van der Waals surface area contributed by atoms with Gasteiger partial charge in [0.05, 0.1) is 28.9 Å². The Hall–Kier alpha value is -0.550. The molecule has 1 unspecified atom stereocenters. The van der Waals surface area contributed by atoms with Crippen LogP contribution in [0.25, 0.3) is 0 Å². The van der Waals surface area contributed by atoms with Crippen LogP contribution in [0.1, 0.15) is 25.7 Å². The lowest BCUT2D eigenvalue weighted by molar-refractivity contribution is -0.00117. The highest BCUT2D eigenvalue weighted by atomic mass is 35.5. The number of rotatable bonds is 6. The van der Waals surface area contributed by atoms with E-state index < -0.39 is 11.9 Å². The van der Waals surface area contributed by atoms with Crippen LogP contribution in [0, 0.1) is 5.82 Å². The van der Waals surface area contributed by atoms with Crippen molar-refractivity contribution in [3.63, 3.8) is 0 Å². The van der Waals surface area contributed by atoms with Gasteiger partial charge in [-0.15, -0.1) is 0 Å². The molecule has 2 N–H and O–H groups in total. The first-order valence-corrected chi connectivity index (χ1v) is 7.50. The van der Waals surface area contributed by atoms with E-state index in [1.807, 2.05) is 0 Å². The molecular weight excluding hydrogens is 304 g/mol. The second-order valence-electron chi connectivity index (χ2n) is 5.03. The third kappa shape index (κ3) is 4.48. The van der Waals surface area contributed by atoms with Gasteiger partial charge in [-0.1, -0.05) is 36.0 Å². The maximum absolute atomic E-state index is 13.2. The Labute approximate surface area is 128 Å². The number of nitrogens with one attached hydrogen (secondary N) is 1. The zero-order valence-corrected chi connectivity index (χ0v) is 12.6.